The van der Waals surface area contributed by atoms with Gasteiger partial charge in [-0.1, -0.05) is 12.8 Å². The summed E-state index contributed by atoms with van der Waals surface area (Å²) in [5.41, 5.74) is 0.841. The van der Waals surface area contributed by atoms with E-state index in [0.717, 1.165) is 15.7 Å². The Morgan fingerprint density at radius 2 is 2.25 bits per heavy atom. The molecule has 0 radical (unpaired) electrons. The molecule has 2 rings (SSSR count). The number of aliphatic carboxylic acids is 1. The third-order valence-electron chi connectivity index (χ3n) is 2.89. The van der Waals surface area contributed by atoms with Gasteiger partial charge in [0.25, 0.3) is 0 Å². The lowest BCUT2D eigenvalue weighted by Crippen LogP contribution is -2.13. The number of anilines is 1. The summed E-state index contributed by atoms with van der Waals surface area (Å²) in [6.45, 7) is 1.87. The molecule has 1 heterocycles. The summed E-state index contributed by atoms with van der Waals surface area (Å²) in [7, 11) is 0. The lowest BCUT2D eigenvalue weighted by Gasteiger charge is -2.09. The molecule has 5 heteroatoms. The van der Waals surface area contributed by atoms with Crippen molar-refractivity contribution in [2.75, 3.05) is 5.32 Å². The molecule has 0 aromatic carbocycles. The number of carboxylic acid groups (broad SMARTS) is 1. The Morgan fingerprint density at radius 3 is 2.88 bits per heavy atom. The summed E-state index contributed by atoms with van der Waals surface area (Å²) in [5, 5.41) is 13.0. The minimum atomic E-state index is -0.792. The van der Waals surface area contributed by atoms with Crippen LogP contribution in [0.25, 0.3) is 0 Å². The lowest BCUT2D eigenvalue weighted by molar-refractivity contribution is -0.136. The Hall–Kier alpha value is -1.10. The third kappa shape index (κ3) is 2.72. The number of aryl methyl sites for hydroxylation is 1. The van der Waals surface area contributed by atoms with Gasteiger partial charge in [0.2, 0.25) is 0 Å². The van der Waals surface area contributed by atoms with Gasteiger partial charge in [-0.2, -0.15) is 0 Å². The van der Waals surface area contributed by atoms with Crippen molar-refractivity contribution in [1.29, 1.82) is 0 Å². The first kappa shape index (κ1) is 11.4. The molecule has 4 nitrogen and oxygen atoms in total. The van der Waals surface area contributed by atoms with E-state index in [-0.39, 0.29) is 6.42 Å². The van der Waals surface area contributed by atoms with Crippen LogP contribution in [0.2, 0.25) is 0 Å². The van der Waals surface area contributed by atoms with Crippen molar-refractivity contribution in [1.82, 2.24) is 4.98 Å². The van der Waals surface area contributed by atoms with E-state index in [4.69, 9.17) is 5.11 Å². The van der Waals surface area contributed by atoms with Gasteiger partial charge in [-0.3, -0.25) is 4.79 Å². The number of rotatable bonds is 4. The van der Waals surface area contributed by atoms with Gasteiger partial charge < -0.3 is 10.4 Å². The van der Waals surface area contributed by atoms with Crippen molar-refractivity contribution in [2.45, 2.75) is 45.1 Å². The molecule has 1 aliphatic rings. The number of hydrogen-bond donors (Lipinski definition) is 2. The van der Waals surface area contributed by atoms with Crippen molar-refractivity contribution < 1.29 is 9.90 Å². The highest BCUT2D eigenvalue weighted by Gasteiger charge is 2.17. The van der Waals surface area contributed by atoms with E-state index in [1.807, 2.05) is 6.92 Å². The van der Waals surface area contributed by atoms with Crippen LogP contribution in [-0.4, -0.2) is 22.1 Å². The van der Waals surface area contributed by atoms with Crippen LogP contribution in [0.4, 0.5) is 5.13 Å². The normalized spacial score (nSPS) is 16.6. The molecule has 0 unspecified atom stereocenters. The summed E-state index contributed by atoms with van der Waals surface area (Å²) in [6.07, 6.45) is 5.05. The van der Waals surface area contributed by atoms with Gasteiger partial charge in [-0.05, 0) is 19.8 Å². The van der Waals surface area contributed by atoms with E-state index in [2.05, 4.69) is 10.3 Å². The molecule has 0 bridgehead atoms. The Kier molecular flexibility index (Phi) is 3.43. The molecule has 1 fully saturated rings. The van der Waals surface area contributed by atoms with Gasteiger partial charge in [0, 0.05) is 10.9 Å². The van der Waals surface area contributed by atoms with Crippen LogP contribution < -0.4 is 5.32 Å². The number of thiazole rings is 1. The Balaban J connectivity index is 2.01. The van der Waals surface area contributed by atoms with Crippen LogP contribution in [-0.2, 0) is 11.2 Å². The number of aromatic nitrogens is 1. The molecule has 0 amide bonds. The Morgan fingerprint density at radius 1 is 1.56 bits per heavy atom. The molecule has 2 N–H and O–H groups in total. The summed E-state index contributed by atoms with van der Waals surface area (Å²) >= 11 is 1.47. The molecule has 1 saturated carbocycles. The average molecular weight is 240 g/mol. The van der Waals surface area contributed by atoms with Crippen molar-refractivity contribution in [3.63, 3.8) is 0 Å². The molecular formula is C11H16N2O2S. The molecule has 0 aliphatic heterocycles. The quantitative estimate of drug-likeness (QED) is 0.848. The topological polar surface area (TPSA) is 62.2 Å². The predicted octanol–water partition coefficient (Wildman–Crippen LogP) is 2.43. The second-order valence-electron chi connectivity index (χ2n) is 4.22. The second kappa shape index (κ2) is 4.82. The predicted molar refractivity (Wildman–Crippen MR) is 64.1 cm³/mol. The zero-order valence-electron chi connectivity index (χ0n) is 9.32. The molecule has 0 spiro atoms. The number of carbonyl (C=O) groups is 1. The van der Waals surface area contributed by atoms with Gasteiger partial charge in [0.05, 0.1) is 12.1 Å². The van der Waals surface area contributed by atoms with Gasteiger partial charge in [0.1, 0.15) is 0 Å². The van der Waals surface area contributed by atoms with E-state index in [9.17, 15) is 4.79 Å². The summed E-state index contributed by atoms with van der Waals surface area (Å²) < 4.78 is 0. The minimum Gasteiger partial charge on any atom is -0.481 e. The monoisotopic (exact) mass is 240 g/mol. The van der Waals surface area contributed by atoms with Crippen LogP contribution in [0, 0.1) is 6.92 Å². The SMILES string of the molecule is Cc1nc(NC2CCCC2)sc1CC(=O)O. The first-order chi connectivity index (χ1) is 7.65. The highest BCUT2D eigenvalue weighted by atomic mass is 32.1. The van der Waals surface area contributed by atoms with Crippen LogP contribution in [0.5, 0.6) is 0 Å². The maximum Gasteiger partial charge on any atom is 0.308 e. The summed E-state index contributed by atoms with van der Waals surface area (Å²) in [5.74, 6) is -0.792. The van der Waals surface area contributed by atoms with E-state index >= 15 is 0 Å². The largest absolute Gasteiger partial charge is 0.481 e. The molecule has 1 aromatic heterocycles. The van der Waals surface area contributed by atoms with Crippen LogP contribution >= 0.6 is 11.3 Å². The minimum absolute atomic E-state index is 0.0792. The molecule has 0 atom stereocenters. The first-order valence-electron chi connectivity index (χ1n) is 5.60. The molecular weight excluding hydrogens is 224 g/mol. The van der Waals surface area contributed by atoms with Crippen molar-refractivity contribution in [2.24, 2.45) is 0 Å². The van der Waals surface area contributed by atoms with Crippen molar-refractivity contribution >= 4 is 22.4 Å². The Labute approximate surface area is 98.7 Å². The highest BCUT2D eigenvalue weighted by Crippen LogP contribution is 2.27. The molecule has 1 aliphatic carbocycles. The standard InChI is InChI=1S/C11H16N2O2S/c1-7-9(6-10(14)15)16-11(12-7)13-8-4-2-3-5-8/h8H,2-6H2,1H3,(H,12,13)(H,14,15). The fraction of sp³-hybridized carbons (Fsp3) is 0.636. The maximum atomic E-state index is 10.6. The van der Waals surface area contributed by atoms with Gasteiger partial charge in [-0.25, -0.2) is 4.98 Å². The third-order valence-corrected chi connectivity index (χ3v) is 3.98. The smallest absolute Gasteiger partial charge is 0.308 e. The van der Waals surface area contributed by atoms with Gasteiger partial charge in [-0.15, -0.1) is 11.3 Å². The molecule has 1 aromatic rings. The zero-order chi connectivity index (χ0) is 11.5. The number of nitrogens with one attached hydrogen (secondary N) is 1. The van der Waals surface area contributed by atoms with E-state index in [0.29, 0.717) is 6.04 Å². The second-order valence-corrected chi connectivity index (χ2v) is 5.31. The average Bonchev–Trinajstić information content (AvgIpc) is 2.78. The van der Waals surface area contributed by atoms with Crippen molar-refractivity contribution in [3.05, 3.63) is 10.6 Å². The number of hydrogen-bond acceptors (Lipinski definition) is 4. The molecule has 0 saturated heterocycles. The van der Waals surface area contributed by atoms with E-state index < -0.39 is 5.97 Å². The van der Waals surface area contributed by atoms with E-state index in [1.165, 1.54) is 37.0 Å². The van der Waals surface area contributed by atoms with Crippen LogP contribution in [0.1, 0.15) is 36.3 Å². The van der Waals surface area contributed by atoms with E-state index in [1.54, 1.807) is 0 Å². The fourth-order valence-electron chi connectivity index (χ4n) is 2.04. The molecule has 88 valence electrons. The maximum absolute atomic E-state index is 10.6. The first-order valence-corrected chi connectivity index (χ1v) is 6.41. The molecule has 16 heavy (non-hydrogen) atoms. The summed E-state index contributed by atoms with van der Waals surface area (Å²) in [4.78, 5) is 15.9. The lowest BCUT2D eigenvalue weighted by atomic mass is 10.3. The zero-order valence-corrected chi connectivity index (χ0v) is 10.1. The van der Waals surface area contributed by atoms with Crippen LogP contribution in [0.15, 0.2) is 0 Å². The highest BCUT2D eigenvalue weighted by molar-refractivity contribution is 7.15. The van der Waals surface area contributed by atoms with Crippen molar-refractivity contribution in [3.8, 4) is 0 Å². The number of nitrogens with zero attached hydrogens (tertiary/aromatic N) is 1. The van der Waals surface area contributed by atoms with Gasteiger partial charge in [0.15, 0.2) is 5.13 Å². The van der Waals surface area contributed by atoms with Crippen LogP contribution in [0.3, 0.4) is 0 Å². The fourth-order valence-corrected chi connectivity index (χ4v) is 3.07. The Bertz CT molecular complexity index is 383. The summed E-state index contributed by atoms with van der Waals surface area (Å²) in [6, 6.07) is 0.531. The number of carboxylic acids is 1. The van der Waals surface area contributed by atoms with Gasteiger partial charge >= 0.3 is 5.97 Å².